The van der Waals surface area contributed by atoms with Gasteiger partial charge in [0.2, 0.25) is 0 Å². The molecule has 0 atom stereocenters. The normalized spacial score (nSPS) is 10.9. The van der Waals surface area contributed by atoms with Crippen LogP contribution in [0.4, 0.5) is 0 Å². The second-order valence-corrected chi connectivity index (χ2v) is 8.81. The molecule has 28 heavy (non-hydrogen) atoms. The lowest BCUT2D eigenvalue weighted by Crippen LogP contribution is -1.92. The van der Waals surface area contributed by atoms with E-state index >= 15 is 0 Å². The van der Waals surface area contributed by atoms with Crippen molar-refractivity contribution in [2.75, 3.05) is 5.75 Å². The number of pyridine rings is 2. The maximum atomic E-state index is 10.8. The summed E-state index contributed by atoms with van der Waals surface area (Å²) in [5.74, 6) is 0.992. The number of hydrogen-bond donors (Lipinski definition) is 0. The van der Waals surface area contributed by atoms with Gasteiger partial charge >= 0.3 is 0 Å². The first-order valence-corrected chi connectivity index (χ1v) is 11.6. The van der Waals surface area contributed by atoms with E-state index in [0.717, 1.165) is 23.6 Å². The van der Waals surface area contributed by atoms with E-state index in [0.29, 0.717) is 0 Å². The first-order valence-electron chi connectivity index (χ1n) is 10.7. The number of aryl methyl sites for hydroxylation is 2. The smallest absolute Gasteiger partial charge is 0.185 e. The number of carbonyl (C=O) groups excluding carboxylic acids is 1. The third-order valence-corrected chi connectivity index (χ3v) is 5.82. The Bertz CT molecular complexity index is 717. The molecule has 2 heterocycles. The molecule has 0 saturated heterocycles. The quantitative estimate of drug-likeness (QED) is 0.349. The van der Waals surface area contributed by atoms with Gasteiger partial charge in [-0.3, -0.25) is 14.8 Å². The Kier molecular flexibility index (Phi) is 10.9. The summed E-state index contributed by atoms with van der Waals surface area (Å²) in [4.78, 5) is 19.8. The molecule has 0 aromatic carbocycles. The van der Waals surface area contributed by atoms with Crippen molar-refractivity contribution in [1.29, 1.82) is 0 Å². The van der Waals surface area contributed by atoms with E-state index in [2.05, 4.69) is 35.1 Å². The minimum absolute atomic E-state index is 0.245. The van der Waals surface area contributed by atoms with E-state index in [1.807, 2.05) is 18.5 Å². The molecular formula is C24H34N2OS. The first-order chi connectivity index (χ1) is 13.6. The van der Waals surface area contributed by atoms with Crippen LogP contribution in [-0.2, 0) is 11.2 Å². The molecule has 3 nitrogen and oxygen atoms in total. The van der Waals surface area contributed by atoms with E-state index in [4.69, 9.17) is 0 Å². The monoisotopic (exact) mass is 398 g/mol. The summed E-state index contributed by atoms with van der Waals surface area (Å²) < 4.78 is 0. The predicted octanol–water partition coefficient (Wildman–Crippen LogP) is 6.79. The van der Waals surface area contributed by atoms with Crippen molar-refractivity contribution in [3.05, 3.63) is 47.8 Å². The molecule has 0 aliphatic rings. The summed E-state index contributed by atoms with van der Waals surface area (Å²) >= 11 is 1.46. The van der Waals surface area contributed by atoms with E-state index in [-0.39, 0.29) is 5.12 Å². The molecule has 0 aliphatic heterocycles. The van der Waals surface area contributed by atoms with Crippen molar-refractivity contribution in [2.24, 2.45) is 0 Å². The number of thioether (sulfide) groups is 1. The van der Waals surface area contributed by atoms with Gasteiger partial charge < -0.3 is 0 Å². The van der Waals surface area contributed by atoms with Crippen LogP contribution in [0.2, 0.25) is 0 Å². The Morgan fingerprint density at radius 1 is 0.821 bits per heavy atom. The van der Waals surface area contributed by atoms with Crippen molar-refractivity contribution < 1.29 is 4.79 Å². The van der Waals surface area contributed by atoms with Gasteiger partial charge in [0, 0.05) is 25.1 Å². The molecule has 0 fully saturated rings. The topological polar surface area (TPSA) is 42.9 Å². The lowest BCUT2D eigenvalue weighted by Gasteiger charge is -2.06. The molecule has 0 spiro atoms. The number of hydrogen-bond acceptors (Lipinski definition) is 4. The van der Waals surface area contributed by atoms with Crippen LogP contribution in [0.3, 0.4) is 0 Å². The van der Waals surface area contributed by atoms with Gasteiger partial charge in [-0.05, 0) is 61.6 Å². The molecule has 2 rings (SSSR count). The number of unbranched alkanes of at least 4 members (excludes halogenated alkanes) is 8. The highest BCUT2D eigenvalue weighted by Gasteiger charge is 2.03. The molecule has 152 valence electrons. The van der Waals surface area contributed by atoms with Gasteiger partial charge in [0.05, 0.1) is 11.4 Å². The van der Waals surface area contributed by atoms with Crippen LogP contribution in [0.15, 0.2) is 36.7 Å². The SMILES string of the molecule is CC(=O)SCCCCCCCCCCCc1ccnc(-c2cc(C)ccn2)c1. The third-order valence-electron chi connectivity index (χ3n) is 4.92. The van der Waals surface area contributed by atoms with Gasteiger partial charge in [-0.2, -0.15) is 0 Å². The molecule has 0 bridgehead atoms. The minimum Gasteiger partial charge on any atom is -0.288 e. The van der Waals surface area contributed by atoms with Crippen molar-refractivity contribution >= 4 is 16.9 Å². The van der Waals surface area contributed by atoms with Crippen molar-refractivity contribution in [1.82, 2.24) is 9.97 Å². The Labute approximate surface area is 174 Å². The van der Waals surface area contributed by atoms with E-state index in [1.54, 1.807) is 6.92 Å². The summed E-state index contributed by atoms with van der Waals surface area (Å²) in [6.07, 6.45) is 16.5. The highest BCUT2D eigenvalue weighted by atomic mass is 32.2. The van der Waals surface area contributed by atoms with Crippen molar-refractivity contribution in [3.63, 3.8) is 0 Å². The summed E-state index contributed by atoms with van der Waals surface area (Å²) in [5.41, 5.74) is 4.51. The molecule has 0 N–H and O–H groups in total. The van der Waals surface area contributed by atoms with Crippen LogP contribution in [0.25, 0.3) is 11.4 Å². The van der Waals surface area contributed by atoms with Gasteiger partial charge in [0.25, 0.3) is 0 Å². The van der Waals surface area contributed by atoms with Gasteiger partial charge in [-0.1, -0.05) is 56.7 Å². The zero-order valence-corrected chi connectivity index (χ0v) is 18.3. The van der Waals surface area contributed by atoms with Gasteiger partial charge in [0.15, 0.2) is 5.12 Å². The zero-order valence-electron chi connectivity index (χ0n) is 17.5. The third kappa shape index (κ3) is 9.50. The Balaban J connectivity index is 1.53. The number of rotatable bonds is 13. The van der Waals surface area contributed by atoms with E-state index in [1.165, 1.54) is 80.7 Å². The minimum atomic E-state index is 0.245. The lowest BCUT2D eigenvalue weighted by atomic mass is 10.0. The second kappa shape index (κ2) is 13.5. The predicted molar refractivity (Wildman–Crippen MR) is 121 cm³/mol. The Morgan fingerprint density at radius 3 is 2.04 bits per heavy atom. The largest absolute Gasteiger partial charge is 0.288 e. The van der Waals surface area contributed by atoms with E-state index < -0.39 is 0 Å². The molecule has 0 aliphatic carbocycles. The number of aromatic nitrogens is 2. The highest BCUT2D eigenvalue weighted by molar-refractivity contribution is 8.13. The van der Waals surface area contributed by atoms with Crippen LogP contribution < -0.4 is 0 Å². The van der Waals surface area contributed by atoms with E-state index in [9.17, 15) is 4.79 Å². The van der Waals surface area contributed by atoms with Crippen LogP contribution >= 0.6 is 11.8 Å². The average molecular weight is 399 g/mol. The van der Waals surface area contributed by atoms with Crippen LogP contribution in [-0.4, -0.2) is 20.8 Å². The number of nitrogens with zero attached hydrogens (tertiary/aromatic N) is 2. The van der Waals surface area contributed by atoms with Crippen LogP contribution in [0.5, 0.6) is 0 Å². The van der Waals surface area contributed by atoms with Gasteiger partial charge in [-0.15, -0.1) is 0 Å². The fourth-order valence-corrected chi connectivity index (χ4v) is 3.97. The van der Waals surface area contributed by atoms with Crippen molar-refractivity contribution in [2.45, 2.75) is 78.1 Å². The maximum Gasteiger partial charge on any atom is 0.185 e. The lowest BCUT2D eigenvalue weighted by molar-refractivity contribution is -0.109. The summed E-state index contributed by atoms with van der Waals surface area (Å²) in [5, 5.41) is 0.245. The summed E-state index contributed by atoms with van der Waals surface area (Å²) in [6.45, 7) is 3.74. The van der Waals surface area contributed by atoms with Gasteiger partial charge in [0.1, 0.15) is 0 Å². The first kappa shape index (κ1) is 22.6. The second-order valence-electron chi connectivity index (χ2n) is 7.54. The molecule has 2 aromatic heterocycles. The summed E-state index contributed by atoms with van der Waals surface area (Å²) in [6, 6.07) is 8.42. The van der Waals surface area contributed by atoms with Crippen molar-refractivity contribution in [3.8, 4) is 11.4 Å². The molecule has 4 heteroatoms. The Hall–Kier alpha value is -1.68. The molecule has 0 unspecified atom stereocenters. The Morgan fingerprint density at radius 2 is 1.39 bits per heavy atom. The van der Waals surface area contributed by atoms with Crippen LogP contribution in [0, 0.1) is 6.92 Å². The maximum absolute atomic E-state index is 10.8. The van der Waals surface area contributed by atoms with Gasteiger partial charge in [-0.25, -0.2) is 0 Å². The molecule has 2 aromatic rings. The fourth-order valence-electron chi connectivity index (χ4n) is 3.33. The summed E-state index contributed by atoms with van der Waals surface area (Å²) in [7, 11) is 0. The average Bonchev–Trinajstić information content (AvgIpc) is 2.69. The molecule has 0 radical (unpaired) electrons. The zero-order chi connectivity index (χ0) is 20.0. The number of carbonyl (C=O) groups is 1. The van der Waals surface area contributed by atoms with Crippen LogP contribution in [0.1, 0.15) is 75.8 Å². The standard InChI is InChI=1S/C24H34N2OS/c1-20-13-15-25-23(18-20)24-19-22(14-16-26-24)12-10-8-6-4-3-5-7-9-11-17-28-21(2)27/h13-16,18-19H,3-12,17H2,1-2H3. The molecular weight excluding hydrogens is 364 g/mol. The highest BCUT2D eigenvalue weighted by Crippen LogP contribution is 2.18. The molecule has 0 saturated carbocycles. The fraction of sp³-hybridized carbons (Fsp3) is 0.542. The molecule has 0 amide bonds.